The van der Waals surface area contributed by atoms with Gasteiger partial charge in [-0.1, -0.05) is 30.0 Å². The van der Waals surface area contributed by atoms with Gasteiger partial charge in [0.05, 0.1) is 11.2 Å². The molecule has 4 rings (SSSR count). The van der Waals surface area contributed by atoms with Crippen molar-refractivity contribution in [3.63, 3.8) is 0 Å². The first kappa shape index (κ1) is 9.97. The van der Waals surface area contributed by atoms with Crippen molar-refractivity contribution < 1.29 is 0 Å². The third kappa shape index (κ3) is 1.22. The van der Waals surface area contributed by atoms with Gasteiger partial charge in [-0.2, -0.15) is 0 Å². The van der Waals surface area contributed by atoms with Gasteiger partial charge in [0.25, 0.3) is 0 Å². The molecule has 2 nitrogen and oxygen atoms in total. The molecular weight excluding hydrogens is 242 g/mol. The molecule has 0 amide bonds. The first-order valence-corrected chi connectivity index (χ1v) is 6.58. The smallest absolute Gasteiger partial charge is 0.189 e. The van der Waals surface area contributed by atoms with Gasteiger partial charge in [-0.3, -0.25) is 4.79 Å². The van der Waals surface area contributed by atoms with Crippen molar-refractivity contribution in [2.75, 3.05) is 0 Å². The maximum Gasteiger partial charge on any atom is 0.189 e. The minimum absolute atomic E-state index is 0.0862. The van der Waals surface area contributed by atoms with Crippen LogP contribution in [0.3, 0.4) is 0 Å². The molecular formula is C15H9NOS. The molecule has 0 radical (unpaired) electrons. The average Bonchev–Trinajstić information content (AvgIpc) is 2.42. The third-order valence-corrected chi connectivity index (χ3v) is 4.34. The second kappa shape index (κ2) is 3.50. The van der Waals surface area contributed by atoms with Crippen LogP contribution in [-0.4, -0.2) is 4.57 Å². The highest BCUT2D eigenvalue weighted by molar-refractivity contribution is 7.99. The lowest BCUT2D eigenvalue weighted by atomic mass is 10.2. The van der Waals surface area contributed by atoms with Gasteiger partial charge in [0, 0.05) is 27.4 Å². The van der Waals surface area contributed by atoms with E-state index in [0.717, 1.165) is 21.5 Å². The molecule has 0 spiro atoms. The molecule has 2 heterocycles. The lowest BCUT2D eigenvalue weighted by Crippen LogP contribution is -2.10. The molecule has 3 heteroatoms. The molecule has 3 aromatic rings. The second-order valence-corrected chi connectivity index (χ2v) is 5.36. The van der Waals surface area contributed by atoms with Crippen LogP contribution in [0.5, 0.6) is 0 Å². The van der Waals surface area contributed by atoms with Gasteiger partial charge < -0.3 is 4.57 Å². The first-order chi connectivity index (χ1) is 8.84. The summed E-state index contributed by atoms with van der Waals surface area (Å²) in [6.07, 6.45) is 1.87. The van der Waals surface area contributed by atoms with Crippen molar-refractivity contribution in [2.45, 2.75) is 9.79 Å². The minimum Gasteiger partial charge on any atom is -0.314 e. The van der Waals surface area contributed by atoms with E-state index in [2.05, 4.69) is 22.8 Å². The number of fused-ring (bicyclic) bond motifs is 2. The quantitative estimate of drug-likeness (QED) is 0.477. The second-order valence-electron chi connectivity index (χ2n) is 4.27. The fourth-order valence-electron chi connectivity index (χ4n) is 2.42. The number of para-hydroxylation sites is 2. The molecule has 0 N–H and O–H groups in total. The Labute approximate surface area is 108 Å². The molecule has 0 saturated carbocycles. The maximum absolute atomic E-state index is 11.9. The molecule has 0 aliphatic carbocycles. The fraction of sp³-hybridized carbons (Fsp3) is 0. The van der Waals surface area contributed by atoms with Crippen LogP contribution < -0.4 is 5.43 Å². The van der Waals surface area contributed by atoms with E-state index >= 15 is 0 Å². The molecule has 2 aromatic carbocycles. The highest BCUT2D eigenvalue weighted by atomic mass is 32.2. The topological polar surface area (TPSA) is 22.0 Å². The summed E-state index contributed by atoms with van der Waals surface area (Å²) >= 11 is 1.72. The van der Waals surface area contributed by atoms with Crippen molar-refractivity contribution in [3.05, 3.63) is 65.0 Å². The number of pyridine rings is 1. The minimum atomic E-state index is 0.0862. The summed E-state index contributed by atoms with van der Waals surface area (Å²) in [5, 5.41) is 0.789. The van der Waals surface area contributed by atoms with Crippen LogP contribution in [0.1, 0.15) is 0 Å². The molecule has 0 saturated heterocycles. The molecule has 1 aromatic heterocycles. The lowest BCUT2D eigenvalue weighted by Gasteiger charge is -2.21. The predicted molar refractivity (Wildman–Crippen MR) is 73.7 cm³/mol. The van der Waals surface area contributed by atoms with Crippen molar-refractivity contribution in [2.24, 2.45) is 0 Å². The maximum atomic E-state index is 11.9. The normalized spacial score (nSPS) is 12.4. The van der Waals surface area contributed by atoms with Crippen LogP contribution in [0.25, 0.3) is 16.6 Å². The van der Waals surface area contributed by atoms with Gasteiger partial charge >= 0.3 is 0 Å². The van der Waals surface area contributed by atoms with E-state index in [1.165, 1.54) is 4.90 Å². The van der Waals surface area contributed by atoms with Crippen LogP contribution in [0.4, 0.5) is 0 Å². The number of nitrogens with zero attached hydrogens (tertiary/aromatic N) is 1. The summed E-state index contributed by atoms with van der Waals surface area (Å²) in [6.45, 7) is 0. The molecule has 0 bridgehead atoms. The first-order valence-electron chi connectivity index (χ1n) is 5.76. The van der Waals surface area contributed by atoms with Gasteiger partial charge in [0.1, 0.15) is 0 Å². The van der Waals surface area contributed by atoms with Crippen molar-refractivity contribution in [1.82, 2.24) is 4.57 Å². The Morgan fingerprint density at radius 3 is 2.67 bits per heavy atom. The summed E-state index contributed by atoms with van der Waals surface area (Å²) in [5.74, 6) is 0. The average molecular weight is 251 g/mol. The summed E-state index contributed by atoms with van der Waals surface area (Å²) in [6, 6.07) is 15.8. The zero-order chi connectivity index (χ0) is 12.1. The monoisotopic (exact) mass is 251 g/mol. The van der Waals surface area contributed by atoms with E-state index < -0.39 is 0 Å². The number of hydrogen-bond donors (Lipinski definition) is 0. The van der Waals surface area contributed by atoms with Gasteiger partial charge in [0.15, 0.2) is 5.43 Å². The Bertz CT molecular complexity index is 835. The van der Waals surface area contributed by atoms with Gasteiger partial charge in [-0.05, 0) is 24.3 Å². The summed E-state index contributed by atoms with van der Waals surface area (Å²) in [4.78, 5) is 14.3. The Morgan fingerprint density at radius 1 is 0.889 bits per heavy atom. The van der Waals surface area contributed by atoms with Crippen LogP contribution in [0, 0.1) is 0 Å². The highest BCUT2D eigenvalue weighted by Gasteiger charge is 2.17. The van der Waals surface area contributed by atoms with E-state index in [1.54, 1.807) is 17.8 Å². The van der Waals surface area contributed by atoms with Gasteiger partial charge in [-0.25, -0.2) is 0 Å². The molecule has 0 atom stereocenters. The third-order valence-electron chi connectivity index (χ3n) is 3.23. The van der Waals surface area contributed by atoms with Crippen LogP contribution >= 0.6 is 11.8 Å². The van der Waals surface area contributed by atoms with E-state index in [4.69, 9.17) is 0 Å². The zero-order valence-electron chi connectivity index (χ0n) is 9.46. The Hall–Kier alpha value is -2.00. The van der Waals surface area contributed by atoms with Crippen molar-refractivity contribution in [3.8, 4) is 5.69 Å². The SMILES string of the molecule is O=c1ccn2c3c(cccc13)Sc1ccccc1-2. The number of hydrogen-bond acceptors (Lipinski definition) is 2. The summed E-state index contributed by atoms with van der Waals surface area (Å²) in [5.41, 5.74) is 2.25. The van der Waals surface area contributed by atoms with Gasteiger partial charge in [-0.15, -0.1) is 0 Å². The lowest BCUT2D eigenvalue weighted by molar-refractivity contribution is 1.03. The van der Waals surface area contributed by atoms with Gasteiger partial charge in [0.2, 0.25) is 0 Å². The van der Waals surface area contributed by atoms with Crippen molar-refractivity contribution in [1.29, 1.82) is 0 Å². The summed E-state index contributed by atoms with van der Waals surface area (Å²) in [7, 11) is 0. The van der Waals surface area contributed by atoms with E-state index in [1.807, 2.05) is 30.5 Å². The van der Waals surface area contributed by atoms with Crippen LogP contribution in [0.2, 0.25) is 0 Å². The standard InChI is InChI=1S/C15H9NOS/c17-12-8-9-16-11-5-1-2-6-13(11)18-14-7-3-4-10(12)15(14)16/h1-9H. The highest BCUT2D eigenvalue weighted by Crippen LogP contribution is 2.41. The predicted octanol–water partition coefficient (Wildman–Crippen LogP) is 3.46. The molecule has 0 unspecified atom stereocenters. The van der Waals surface area contributed by atoms with Crippen LogP contribution in [-0.2, 0) is 0 Å². The van der Waals surface area contributed by atoms with E-state index in [9.17, 15) is 4.79 Å². The number of benzene rings is 2. The molecule has 18 heavy (non-hydrogen) atoms. The molecule has 86 valence electrons. The number of rotatable bonds is 0. The Morgan fingerprint density at radius 2 is 1.72 bits per heavy atom. The molecule has 1 aliphatic rings. The Balaban J connectivity index is 2.25. The van der Waals surface area contributed by atoms with Crippen molar-refractivity contribution >= 4 is 22.7 Å². The van der Waals surface area contributed by atoms with E-state index in [0.29, 0.717) is 0 Å². The number of aromatic nitrogens is 1. The molecule has 0 fully saturated rings. The van der Waals surface area contributed by atoms with E-state index in [-0.39, 0.29) is 5.43 Å². The van der Waals surface area contributed by atoms with Crippen LogP contribution in [0.15, 0.2) is 69.3 Å². The molecule has 1 aliphatic heterocycles. The largest absolute Gasteiger partial charge is 0.314 e. The zero-order valence-corrected chi connectivity index (χ0v) is 10.3. The summed E-state index contributed by atoms with van der Waals surface area (Å²) < 4.78 is 2.11. The fourth-order valence-corrected chi connectivity index (χ4v) is 3.53. The Kier molecular flexibility index (Phi) is 1.94.